The van der Waals surface area contributed by atoms with Crippen LogP contribution in [-0.2, 0) is 14.3 Å². The van der Waals surface area contributed by atoms with Crippen molar-refractivity contribution in [3.63, 3.8) is 0 Å². The van der Waals surface area contributed by atoms with Gasteiger partial charge in [-0.15, -0.1) is 0 Å². The average molecular weight is 367 g/mol. The number of ether oxygens (including phenoxy) is 1. The van der Waals surface area contributed by atoms with Crippen molar-refractivity contribution in [2.24, 2.45) is 0 Å². The molecule has 0 aliphatic carbocycles. The first kappa shape index (κ1) is 24.9. The Balaban J connectivity index is 3.13. The Labute approximate surface area is 162 Å². The number of carbonyl (C=O) groups is 2. The van der Waals surface area contributed by atoms with Crippen LogP contribution in [0.1, 0.15) is 117 Å². The maximum Gasteiger partial charge on any atom is 0.330 e. The second-order valence-electron chi connectivity index (χ2n) is 7.41. The monoisotopic (exact) mass is 366 g/mol. The zero-order chi connectivity index (χ0) is 19.3. The van der Waals surface area contributed by atoms with Crippen LogP contribution in [0.25, 0.3) is 0 Å². The van der Waals surface area contributed by atoms with E-state index in [2.05, 4.69) is 6.92 Å². The molecule has 0 bridgehead atoms. The first-order valence-electron chi connectivity index (χ1n) is 11.0. The molecule has 0 aromatic carbocycles. The molecule has 3 heteroatoms. The van der Waals surface area contributed by atoms with Crippen molar-refractivity contribution >= 4 is 11.8 Å². The van der Waals surface area contributed by atoms with Gasteiger partial charge in [-0.3, -0.25) is 4.79 Å². The quantitative estimate of drug-likeness (QED) is 0.141. The van der Waals surface area contributed by atoms with Crippen molar-refractivity contribution in [1.82, 2.24) is 0 Å². The number of esters is 1. The summed E-state index contributed by atoms with van der Waals surface area (Å²) in [7, 11) is 0. The Morgan fingerprint density at radius 1 is 0.615 bits per heavy atom. The summed E-state index contributed by atoms with van der Waals surface area (Å²) >= 11 is 0. The van der Waals surface area contributed by atoms with E-state index >= 15 is 0 Å². The number of unbranched alkanes of at least 4 members (excludes halogenated alkanes) is 15. The lowest BCUT2D eigenvalue weighted by Crippen LogP contribution is -2.02. The summed E-state index contributed by atoms with van der Waals surface area (Å²) in [6, 6.07) is 0. The molecule has 0 saturated heterocycles. The van der Waals surface area contributed by atoms with E-state index in [0.717, 1.165) is 12.8 Å². The SMILES string of the molecule is CCCCCCCCCCCCCCCCCCOC(=O)/C=C\C(C)=O. The molecule has 0 rings (SSSR count). The van der Waals surface area contributed by atoms with Crippen LogP contribution >= 0.6 is 0 Å². The zero-order valence-electron chi connectivity index (χ0n) is 17.4. The number of allylic oxidation sites excluding steroid dienone is 1. The average Bonchev–Trinajstić information content (AvgIpc) is 2.62. The van der Waals surface area contributed by atoms with E-state index in [1.807, 2.05) is 0 Å². The fraction of sp³-hybridized carbons (Fsp3) is 0.826. The van der Waals surface area contributed by atoms with E-state index in [-0.39, 0.29) is 5.78 Å². The molecule has 0 aromatic heterocycles. The standard InChI is InChI=1S/C23H42O3/c1-3-4-5-6-7-8-9-10-11-12-13-14-15-16-17-18-21-26-23(25)20-19-22(2)24/h19-20H,3-18,21H2,1-2H3/b20-19-. The number of ketones is 1. The highest BCUT2D eigenvalue weighted by molar-refractivity contribution is 5.94. The summed E-state index contributed by atoms with van der Waals surface area (Å²) < 4.78 is 5.03. The maximum atomic E-state index is 11.2. The maximum absolute atomic E-state index is 11.2. The third kappa shape index (κ3) is 20.9. The molecule has 0 saturated carbocycles. The summed E-state index contributed by atoms with van der Waals surface area (Å²) in [4.78, 5) is 21.9. The molecule has 0 aliphatic rings. The van der Waals surface area contributed by atoms with Gasteiger partial charge >= 0.3 is 5.97 Å². The second kappa shape index (κ2) is 20.2. The van der Waals surface area contributed by atoms with E-state index in [1.165, 1.54) is 109 Å². The summed E-state index contributed by atoms with van der Waals surface area (Å²) in [5, 5.41) is 0. The minimum atomic E-state index is -0.416. The largest absolute Gasteiger partial charge is 0.463 e. The lowest BCUT2D eigenvalue weighted by atomic mass is 10.0. The molecule has 0 fully saturated rings. The lowest BCUT2D eigenvalue weighted by molar-refractivity contribution is -0.138. The Morgan fingerprint density at radius 3 is 1.38 bits per heavy atom. The van der Waals surface area contributed by atoms with Gasteiger partial charge in [-0.05, 0) is 19.4 Å². The van der Waals surface area contributed by atoms with Crippen molar-refractivity contribution in [2.45, 2.75) is 117 Å². The van der Waals surface area contributed by atoms with Crippen LogP contribution in [0.2, 0.25) is 0 Å². The van der Waals surface area contributed by atoms with E-state index in [0.29, 0.717) is 6.61 Å². The topological polar surface area (TPSA) is 43.4 Å². The van der Waals surface area contributed by atoms with Crippen molar-refractivity contribution < 1.29 is 14.3 Å². The first-order valence-corrected chi connectivity index (χ1v) is 11.0. The normalized spacial score (nSPS) is 11.2. The molecule has 0 aromatic rings. The molecule has 0 amide bonds. The Bertz CT molecular complexity index is 360. The second-order valence-corrected chi connectivity index (χ2v) is 7.41. The molecule has 0 spiro atoms. The van der Waals surface area contributed by atoms with Gasteiger partial charge < -0.3 is 4.74 Å². The van der Waals surface area contributed by atoms with Crippen molar-refractivity contribution in [3.05, 3.63) is 12.2 Å². The number of carbonyl (C=O) groups excluding carboxylic acids is 2. The molecular weight excluding hydrogens is 324 g/mol. The summed E-state index contributed by atoms with van der Waals surface area (Å²) in [5.41, 5.74) is 0. The van der Waals surface area contributed by atoms with Crippen LogP contribution < -0.4 is 0 Å². The molecule has 0 atom stereocenters. The van der Waals surface area contributed by atoms with Crippen LogP contribution in [0.5, 0.6) is 0 Å². The lowest BCUT2D eigenvalue weighted by Gasteiger charge is -2.04. The van der Waals surface area contributed by atoms with Crippen LogP contribution in [0.4, 0.5) is 0 Å². The minimum Gasteiger partial charge on any atom is -0.463 e. The predicted molar refractivity (Wildman–Crippen MR) is 110 cm³/mol. The number of rotatable bonds is 19. The van der Waals surface area contributed by atoms with Gasteiger partial charge in [0.1, 0.15) is 0 Å². The van der Waals surface area contributed by atoms with Gasteiger partial charge in [-0.25, -0.2) is 4.79 Å². The number of hydrogen-bond donors (Lipinski definition) is 0. The van der Waals surface area contributed by atoms with Gasteiger partial charge in [0.25, 0.3) is 0 Å². The molecule has 0 radical (unpaired) electrons. The third-order valence-electron chi connectivity index (χ3n) is 4.70. The van der Waals surface area contributed by atoms with E-state index in [4.69, 9.17) is 4.74 Å². The summed E-state index contributed by atoms with van der Waals surface area (Å²) in [5.74, 6) is -0.550. The van der Waals surface area contributed by atoms with Crippen LogP contribution in [-0.4, -0.2) is 18.4 Å². The zero-order valence-corrected chi connectivity index (χ0v) is 17.4. The molecule has 0 N–H and O–H groups in total. The van der Waals surface area contributed by atoms with Gasteiger partial charge in [0.2, 0.25) is 0 Å². The highest BCUT2D eigenvalue weighted by Gasteiger charge is 1.98. The van der Waals surface area contributed by atoms with Crippen molar-refractivity contribution in [2.75, 3.05) is 6.61 Å². The smallest absolute Gasteiger partial charge is 0.330 e. The van der Waals surface area contributed by atoms with Gasteiger partial charge in [-0.1, -0.05) is 103 Å². The van der Waals surface area contributed by atoms with Crippen molar-refractivity contribution in [1.29, 1.82) is 0 Å². The predicted octanol–water partition coefficient (Wildman–Crippen LogP) is 6.94. The van der Waals surface area contributed by atoms with E-state index in [1.54, 1.807) is 0 Å². The van der Waals surface area contributed by atoms with Gasteiger partial charge in [0.05, 0.1) is 6.61 Å². The molecule has 0 aliphatic heterocycles. The fourth-order valence-electron chi connectivity index (χ4n) is 3.06. The highest BCUT2D eigenvalue weighted by Crippen LogP contribution is 2.13. The Morgan fingerprint density at radius 2 is 1.00 bits per heavy atom. The molecule has 152 valence electrons. The molecule has 3 nitrogen and oxygen atoms in total. The molecule has 26 heavy (non-hydrogen) atoms. The molecule has 0 unspecified atom stereocenters. The van der Waals surface area contributed by atoms with Gasteiger partial charge in [0, 0.05) is 6.08 Å². The highest BCUT2D eigenvalue weighted by atomic mass is 16.5. The minimum absolute atomic E-state index is 0.135. The van der Waals surface area contributed by atoms with Gasteiger partial charge in [0.15, 0.2) is 5.78 Å². The summed E-state index contributed by atoms with van der Waals surface area (Å²) in [6.07, 6.45) is 23.8. The van der Waals surface area contributed by atoms with Crippen LogP contribution in [0.3, 0.4) is 0 Å². The Kier molecular flexibility index (Phi) is 19.3. The van der Waals surface area contributed by atoms with Gasteiger partial charge in [-0.2, -0.15) is 0 Å². The van der Waals surface area contributed by atoms with Crippen molar-refractivity contribution in [3.8, 4) is 0 Å². The van der Waals surface area contributed by atoms with Crippen LogP contribution in [0, 0.1) is 0 Å². The molecule has 0 heterocycles. The molecular formula is C23H42O3. The van der Waals surface area contributed by atoms with E-state index in [9.17, 15) is 9.59 Å². The third-order valence-corrected chi connectivity index (χ3v) is 4.70. The Hall–Kier alpha value is -1.12. The van der Waals surface area contributed by atoms with E-state index < -0.39 is 5.97 Å². The first-order chi connectivity index (χ1) is 12.7. The number of hydrogen-bond acceptors (Lipinski definition) is 3. The van der Waals surface area contributed by atoms with Crippen LogP contribution in [0.15, 0.2) is 12.2 Å². The fourth-order valence-corrected chi connectivity index (χ4v) is 3.06. The summed E-state index contributed by atoms with van der Waals surface area (Å²) in [6.45, 7) is 4.15.